The topological polar surface area (TPSA) is 36.7 Å². The van der Waals surface area contributed by atoms with Crippen molar-refractivity contribution >= 4 is 21.8 Å². The molecule has 1 amide bonds. The lowest BCUT2D eigenvalue weighted by Gasteiger charge is -2.20. The van der Waals surface area contributed by atoms with E-state index in [0.29, 0.717) is 5.56 Å². The van der Waals surface area contributed by atoms with Crippen LogP contribution >= 0.6 is 15.9 Å². The van der Waals surface area contributed by atoms with E-state index in [1.807, 2.05) is 17.9 Å². The normalized spacial score (nSPS) is 17.8. The molecule has 1 aliphatic rings. The highest BCUT2D eigenvalue weighted by Crippen LogP contribution is 2.12. The summed E-state index contributed by atoms with van der Waals surface area (Å²) in [5.74, 6) is 0.877. The first-order valence-corrected chi connectivity index (χ1v) is 7.45. The second-order valence-corrected chi connectivity index (χ2v) is 5.42. The van der Waals surface area contributed by atoms with E-state index in [2.05, 4.69) is 20.8 Å². The lowest BCUT2D eigenvalue weighted by Crippen LogP contribution is -2.35. The summed E-state index contributed by atoms with van der Waals surface area (Å²) >= 11 is 3.46. The molecule has 1 aromatic rings. The van der Waals surface area contributed by atoms with Crippen LogP contribution in [0.1, 0.15) is 22.5 Å². The van der Waals surface area contributed by atoms with E-state index in [1.54, 1.807) is 6.26 Å². The van der Waals surface area contributed by atoms with E-state index in [4.69, 9.17) is 4.42 Å². The van der Waals surface area contributed by atoms with Gasteiger partial charge in [0, 0.05) is 31.5 Å². The monoisotopic (exact) mass is 314 g/mol. The third-order valence-corrected chi connectivity index (χ3v) is 3.61. The van der Waals surface area contributed by atoms with E-state index in [0.717, 1.165) is 50.2 Å². The maximum Gasteiger partial charge on any atom is 0.257 e. The van der Waals surface area contributed by atoms with Crippen LogP contribution in [-0.4, -0.2) is 53.8 Å². The minimum absolute atomic E-state index is 0.0903. The number of hydrogen-bond acceptors (Lipinski definition) is 3. The third kappa shape index (κ3) is 3.36. The van der Waals surface area contributed by atoms with Gasteiger partial charge in [-0.2, -0.15) is 0 Å². The second kappa shape index (κ2) is 6.38. The van der Waals surface area contributed by atoms with Crippen molar-refractivity contribution in [2.24, 2.45) is 0 Å². The van der Waals surface area contributed by atoms with Gasteiger partial charge in [0.2, 0.25) is 0 Å². The molecule has 0 aliphatic carbocycles. The van der Waals surface area contributed by atoms with Crippen molar-refractivity contribution in [3.8, 4) is 0 Å². The fourth-order valence-electron chi connectivity index (χ4n) is 2.26. The largest absolute Gasteiger partial charge is 0.469 e. The van der Waals surface area contributed by atoms with Crippen LogP contribution < -0.4 is 0 Å². The molecule has 2 rings (SSSR count). The molecule has 0 spiro atoms. The highest BCUT2D eigenvalue weighted by atomic mass is 79.9. The molecule has 0 N–H and O–H groups in total. The third-order valence-electron chi connectivity index (χ3n) is 3.25. The van der Waals surface area contributed by atoms with E-state index in [1.165, 1.54) is 0 Å². The Labute approximate surface area is 116 Å². The van der Waals surface area contributed by atoms with Gasteiger partial charge >= 0.3 is 0 Å². The molecule has 1 aromatic heterocycles. The van der Waals surface area contributed by atoms with Crippen molar-refractivity contribution in [3.63, 3.8) is 0 Å². The Balaban J connectivity index is 1.95. The fraction of sp³-hybridized carbons (Fsp3) is 0.615. The van der Waals surface area contributed by atoms with Crippen LogP contribution in [-0.2, 0) is 0 Å². The average Bonchev–Trinajstić information content (AvgIpc) is 2.65. The molecule has 100 valence electrons. The molecule has 1 aliphatic heterocycles. The zero-order valence-corrected chi connectivity index (χ0v) is 12.3. The number of rotatable bonds is 3. The SMILES string of the molecule is Cc1cc(C(=O)N2CCCN(CCBr)CC2)co1. The van der Waals surface area contributed by atoms with E-state index in [9.17, 15) is 4.79 Å². The number of aryl methyl sites for hydroxylation is 1. The van der Waals surface area contributed by atoms with Crippen LogP contribution in [0.15, 0.2) is 16.7 Å². The van der Waals surface area contributed by atoms with Gasteiger partial charge < -0.3 is 14.2 Å². The van der Waals surface area contributed by atoms with E-state index in [-0.39, 0.29) is 5.91 Å². The summed E-state index contributed by atoms with van der Waals surface area (Å²) in [5, 5.41) is 0.988. The first-order valence-electron chi connectivity index (χ1n) is 6.33. The highest BCUT2D eigenvalue weighted by molar-refractivity contribution is 9.09. The van der Waals surface area contributed by atoms with Crippen LogP contribution in [0.25, 0.3) is 0 Å². The van der Waals surface area contributed by atoms with Crippen LogP contribution in [0.2, 0.25) is 0 Å². The number of alkyl halides is 1. The van der Waals surface area contributed by atoms with Gasteiger partial charge in [-0.1, -0.05) is 15.9 Å². The van der Waals surface area contributed by atoms with Gasteiger partial charge in [-0.05, 0) is 26.0 Å². The van der Waals surface area contributed by atoms with Gasteiger partial charge in [0.25, 0.3) is 5.91 Å². The molecule has 0 saturated carbocycles. The second-order valence-electron chi connectivity index (χ2n) is 4.62. The Hall–Kier alpha value is -0.810. The summed E-state index contributed by atoms with van der Waals surface area (Å²) in [6, 6.07) is 1.81. The Kier molecular flexibility index (Phi) is 4.83. The maximum absolute atomic E-state index is 12.3. The van der Waals surface area contributed by atoms with Gasteiger partial charge in [0.1, 0.15) is 12.0 Å². The van der Waals surface area contributed by atoms with Gasteiger partial charge in [-0.25, -0.2) is 0 Å². The summed E-state index contributed by atoms with van der Waals surface area (Å²) in [6.45, 7) is 6.57. The van der Waals surface area contributed by atoms with Crippen molar-refractivity contribution in [2.45, 2.75) is 13.3 Å². The zero-order valence-electron chi connectivity index (χ0n) is 10.7. The zero-order chi connectivity index (χ0) is 13.0. The Morgan fingerprint density at radius 3 is 2.89 bits per heavy atom. The summed E-state index contributed by atoms with van der Waals surface area (Å²) < 4.78 is 5.20. The Morgan fingerprint density at radius 2 is 2.22 bits per heavy atom. The predicted octanol–water partition coefficient (Wildman–Crippen LogP) is 2.13. The molecule has 2 heterocycles. The van der Waals surface area contributed by atoms with Crippen molar-refractivity contribution in [3.05, 3.63) is 23.7 Å². The standard InChI is InChI=1S/C13H19BrN2O2/c1-11-9-12(10-18-11)13(17)16-5-2-4-15(6-3-14)7-8-16/h9-10H,2-8H2,1H3. The molecule has 0 unspecified atom stereocenters. The van der Waals surface area contributed by atoms with Crippen LogP contribution in [0.4, 0.5) is 0 Å². The van der Waals surface area contributed by atoms with Crippen molar-refractivity contribution in [1.82, 2.24) is 9.80 Å². The number of halogens is 1. The molecule has 1 fully saturated rings. The number of furan rings is 1. The molecular formula is C13H19BrN2O2. The van der Waals surface area contributed by atoms with Crippen molar-refractivity contribution < 1.29 is 9.21 Å². The molecule has 5 heteroatoms. The molecule has 0 atom stereocenters. The fourth-order valence-corrected chi connectivity index (χ4v) is 2.76. The molecule has 1 saturated heterocycles. The van der Waals surface area contributed by atoms with Crippen LogP contribution in [0.3, 0.4) is 0 Å². The van der Waals surface area contributed by atoms with Gasteiger partial charge in [-0.3, -0.25) is 4.79 Å². The summed E-state index contributed by atoms with van der Waals surface area (Å²) in [7, 11) is 0. The quantitative estimate of drug-likeness (QED) is 0.802. The average molecular weight is 315 g/mol. The van der Waals surface area contributed by atoms with E-state index < -0.39 is 0 Å². The molecular weight excluding hydrogens is 296 g/mol. The van der Waals surface area contributed by atoms with Crippen molar-refractivity contribution in [2.75, 3.05) is 38.1 Å². The van der Waals surface area contributed by atoms with Crippen LogP contribution in [0.5, 0.6) is 0 Å². The number of amides is 1. The first-order chi connectivity index (χ1) is 8.70. The van der Waals surface area contributed by atoms with Gasteiger partial charge in [-0.15, -0.1) is 0 Å². The van der Waals surface area contributed by atoms with Gasteiger partial charge in [0.05, 0.1) is 5.56 Å². The van der Waals surface area contributed by atoms with Gasteiger partial charge in [0.15, 0.2) is 0 Å². The molecule has 18 heavy (non-hydrogen) atoms. The van der Waals surface area contributed by atoms with Crippen LogP contribution in [0, 0.1) is 6.92 Å². The molecule has 0 bridgehead atoms. The predicted molar refractivity (Wildman–Crippen MR) is 74.2 cm³/mol. The molecule has 0 radical (unpaired) electrons. The maximum atomic E-state index is 12.3. The van der Waals surface area contributed by atoms with Crippen molar-refractivity contribution in [1.29, 1.82) is 0 Å². The smallest absolute Gasteiger partial charge is 0.257 e. The lowest BCUT2D eigenvalue weighted by molar-refractivity contribution is 0.0761. The highest BCUT2D eigenvalue weighted by Gasteiger charge is 2.20. The van der Waals surface area contributed by atoms with E-state index >= 15 is 0 Å². The summed E-state index contributed by atoms with van der Waals surface area (Å²) in [6.07, 6.45) is 2.59. The number of carbonyl (C=O) groups excluding carboxylic acids is 1. The Morgan fingerprint density at radius 1 is 1.39 bits per heavy atom. The number of hydrogen-bond donors (Lipinski definition) is 0. The summed E-state index contributed by atoms with van der Waals surface area (Å²) in [5.41, 5.74) is 0.668. The lowest BCUT2D eigenvalue weighted by atomic mass is 10.2. The Bertz CT molecular complexity index is 405. The first kappa shape index (κ1) is 13.6. The molecule has 0 aromatic carbocycles. The minimum atomic E-state index is 0.0903. The number of carbonyl (C=O) groups is 1. The summed E-state index contributed by atoms with van der Waals surface area (Å²) in [4.78, 5) is 16.6. The number of nitrogens with zero attached hydrogens (tertiary/aromatic N) is 2. The minimum Gasteiger partial charge on any atom is -0.469 e. The molecule has 4 nitrogen and oxygen atoms in total.